The van der Waals surface area contributed by atoms with Gasteiger partial charge in [-0.1, -0.05) is 29.8 Å². The Balaban J connectivity index is 1.82. The van der Waals surface area contributed by atoms with E-state index in [0.717, 1.165) is 18.2 Å². The number of nitrogens with zero attached hydrogens (tertiary/aromatic N) is 1. The normalized spacial score (nSPS) is 11.4. The molecule has 0 aliphatic heterocycles. The van der Waals surface area contributed by atoms with Crippen molar-refractivity contribution in [3.8, 4) is 17.6 Å². The van der Waals surface area contributed by atoms with E-state index < -0.39 is 23.6 Å². The molecule has 0 bridgehead atoms. The zero-order valence-corrected chi connectivity index (χ0v) is 20.6. The minimum Gasteiger partial charge on any atom is -0.490 e. The van der Waals surface area contributed by atoms with Crippen molar-refractivity contribution < 1.29 is 37.3 Å². The van der Waals surface area contributed by atoms with Crippen molar-refractivity contribution in [1.82, 2.24) is 0 Å². The first kappa shape index (κ1) is 28.1. The molecule has 0 aliphatic carbocycles. The van der Waals surface area contributed by atoms with Crippen LogP contribution in [0.1, 0.15) is 34.0 Å². The molecule has 3 aromatic rings. The summed E-state index contributed by atoms with van der Waals surface area (Å²) in [5, 5.41) is 20.9. The third-order valence-corrected chi connectivity index (χ3v) is 5.32. The number of anilines is 1. The Morgan fingerprint density at radius 3 is 2.42 bits per heavy atom. The third-order valence-electron chi connectivity index (χ3n) is 5.04. The molecule has 0 unspecified atom stereocenters. The van der Waals surface area contributed by atoms with E-state index in [2.05, 4.69) is 5.32 Å². The fraction of sp³-hybridized carbons (Fsp3) is 0.148. The zero-order chi connectivity index (χ0) is 27.9. The number of carboxylic acid groups (broad SMARTS) is 1. The first-order valence-corrected chi connectivity index (χ1v) is 11.4. The second kappa shape index (κ2) is 12.2. The summed E-state index contributed by atoms with van der Waals surface area (Å²) in [5.74, 6) is -1.54. The Morgan fingerprint density at radius 2 is 1.82 bits per heavy atom. The maximum atomic E-state index is 13.0. The van der Waals surface area contributed by atoms with Crippen LogP contribution in [0.3, 0.4) is 0 Å². The number of carboxylic acids is 1. The number of hydrogen-bond acceptors (Lipinski definition) is 5. The fourth-order valence-electron chi connectivity index (χ4n) is 3.26. The van der Waals surface area contributed by atoms with Crippen LogP contribution < -0.4 is 14.8 Å². The van der Waals surface area contributed by atoms with E-state index in [1.165, 1.54) is 36.4 Å². The maximum Gasteiger partial charge on any atom is 0.416 e. The van der Waals surface area contributed by atoms with E-state index >= 15 is 0 Å². The first-order valence-electron chi connectivity index (χ1n) is 11.0. The van der Waals surface area contributed by atoms with Crippen molar-refractivity contribution in [2.24, 2.45) is 0 Å². The van der Waals surface area contributed by atoms with Gasteiger partial charge in [-0.25, -0.2) is 4.79 Å². The second-order valence-corrected chi connectivity index (χ2v) is 8.16. The summed E-state index contributed by atoms with van der Waals surface area (Å²) >= 11 is 6.40. The molecule has 196 valence electrons. The predicted molar refractivity (Wildman–Crippen MR) is 134 cm³/mol. The molecule has 3 aromatic carbocycles. The van der Waals surface area contributed by atoms with Crippen molar-refractivity contribution in [3.05, 3.63) is 93.5 Å². The lowest BCUT2D eigenvalue weighted by molar-refractivity contribution is -0.137. The number of nitriles is 1. The molecule has 3 rings (SSSR count). The highest BCUT2D eigenvalue weighted by Gasteiger charge is 2.30. The summed E-state index contributed by atoms with van der Waals surface area (Å²) in [4.78, 5) is 23.6. The van der Waals surface area contributed by atoms with Gasteiger partial charge >= 0.3 is 12.1 Å². The van der Waals surface area contributed by atoms with E-state index in [-0.39, 0.29) is 46.6 Å². The minimum atomic E-state index is -4.59. The highest BCUT2D eigenvalue weighted by molar-refractivity contribution is 6.32. The molecule has 0 aromatic heterocycles. The number of rotatable bonds is 9. The summed E-state index contributed by atoms with van der Waals surface area (Å²) < 4.78 is 50.3. The Hall–Kier alpha value is -4.49. The summed E-state index contributed by atoms with van der Waals surface area (Å²) in [5.41, 5.74) is -0.335. The van der Waals surface area contributed by atoms with Crippen molar-refractivity contribution in [1.29, 1.82) is 5.26 Å². The number of benzene rings is 3. The van der Waals surface area contributed by atoms with Gasteiger partial charge in [0.1, 0.15) is 18.2 Å². The first-order chi connectivity index (χ1) is 18.0. The zero-order valence-electron chi connectivity index (χ0n) is 19.8. The SMILES string of the molecule is CCOc1cc(/C=C(\C#N)C(=O)Nc2cccc(C(F)(F)F)c2)cc(Cl)c1OCc1ccc(C(=O)O)cc1. The molecule has 0 radical (unpaired) electrons. The molecular weight excluding hydrogens is 525 g/mol. The van der Waals surface area contributed by atoms with Crippen LogP contribution >= 0.6 is 11.6 Å². The monoisotopic (exact) mass is 544 g/mol. The molecule has 11 heteroatoms. The lowest BCUT2D eigenvalue weighted by atomic mass is 10.1. The number of ether oxygens (including phenoxy) is 2. The Bertz CT molecular complexity index is 1410. The van der Waals surface area contributed by atoms with Crippen molar-refractivity contribution in [2.75, 3.05) is 11.9 Å². The lowest BCUT2D eigenvalue weighted by Crippen LogP contribution is -2.14. The predicted octanol–water partition coefficient (Wildman–Crippen LogP) is 6.58. The van der Waals surface area contributed by atoms with E-state index in [0.29, 0.717) is 11.1 Å². The van der Waals surface area contributed by atoms with Crippen LogP contribution in [-0.4, -0.2) is 23.6 Å². The van der Waals surface area contributed by atoms with Gasteiger partial charge in [0.15, 0.2) is 11.5 Å². The number of carbonyl (C=O) groups is 2. The topological polar surface area (TPSA) is 109 Å². The Morgan fingerprint density at radius 1 is 1.11 bits per heavy atom. The maximum absolute atomic E-state index is 13.0. The molecule has 0 spiro atoms. The van der Waals surface area contributed by atoms with Gasteiger partial charge in [-0.15, -0.1) is 0 Å². The molecule has 0 aliphatic rings. The number of hydrogen-bond donors (Lipinski definition) is 2. The quantitative estimate of drug-likeness (QED) is 0.233. The van der Waals surface area contributed by atoms with Gasteiger partial charge in [0, 0.05) is 5.69 Å². The van der Waals surface area contributed by atoms with E-state index in [4.69, 9.17) is 26.2 Å². The summed E-state index contributed by atoms with van der Waals surface area (Å²) in [6.07, 6.45) is -3.38. The van der Waals surface area contributed by atoms with E-state index in [1.807, 2.05) is 0 Å². The van der Waals surface area contributed by atoms with Crippen molar-refractivity contribution in [3.63, 3.8) is 0 Å². The average Bonchev–Trinajstić information content (AvgIpc) is 2.86. The van der Waals surface area contributed by atoms with Crippen molar-refractivity contribution in [2.45, 2.75) is 19.7 Å². The summed E-state index contributed by atoms with van der Waals surface area (Å²) in [6, 6.07) is 14.8. The molecule has 0 atom stereocenters. The van der Waals surface area contributed by atoms with Crippen molar-refractivity contribution >= 4 is 35.2 Å². The van der Waals surface area contributed by atoms with Gasteiger partial charge < -0.3 is 19.9 Å². The van der Waals surface area contributed by atoms with Gasteiger partial charge in [-0.3, -0.25) is 4.79 Å². The lowest BCUT2D eigenvalue weighted by Gasteiger charge is -2.15. The summed E-state index contributed by atoms with van der Waals surface area (Å²) in [6.45, 7) is 2.03. The highest BCUT2D eigenvalue weighted by Crippen LogP contribution is 2.38. The van der Waals surface area contributed by atoms with Gasteiger partial charge in [-0.05, 0) is 66.6 Å². The average molecular weight is 545 g/mol. The highest BCUT2D eigenvalue weighted by atomic mass is 35.5. The molecule has 0 fully saturated rings. The van der Waals surface area contributed by atoms with Gasteiger partial charge in [0.2, 0.25) is 0 Å². The Labute approximate surface area is 220 Å². The number of carbonyl (C=O) groups excluding carboxylic acids is 1. The molecule has 38 heavy (non-hydrogen) atoms. The minimum absolute atomic E-state index is 0.0533. The molecule has 2 N–H and O–H groups in total. The molecule has 1 amide bonds. The Kier molecular flexibility index (Phi) is 8.99. The van der Waals surface area contributed by atoms with E-state index in [1.54, 1.807) is 25.1 Å². The molecule has 7 nitrogen and oxygen atoms in total. The number of alkyl halides is 3. The number of halogens is 4. The number of nitrogens with one attached hydrogen (secondary N) is 1. The molecule has 0 saturated carbocycles. The fourth-order valence-corrected chi connectivity index (χ4v) is 3.53. The standard InChI is InChI=1S/C27H20ClF3N2O5/c1-2-37-23-12-17(11-22(28)24(23)38-15-16-6-8-18(9-7-16)26(35)36)10-19(14-32)25(34)33-21-5-3-4-20(13-21)27(29,30)31/h3-13H,2,15H2,1H3,(H,33,34)(H,35,36)/b19-10+. The second-order valence-electron chi connectivity index (χ2n) is 7.76. The van der Waals surface area contributed by atoms with Crippen LogP contribution in [0.15, 0.2) is 66.2 Å². The van der Waals surface area contributed by atoms with Crippen LogP contribution in [0.2, 0.25) is 5.02 Å². The van der Waals surface area contributed by atoms with E-state index in [9.17, 15) is 28.0 Å². The number of aromatic carboxylic acids is 1. The van der Waals surface area contributed by atoms with Crippen LogP contribution in [0, 0.1) is 11.3 Å². The molecule has 0 saturated heterocycles. The van der Waals surface area contributed by atoms with Gasteiger partial charge in [-0.2, -0.15) is 18.4 Å². The molecule has 0 heterocycles. The summed E-state index contributed by atoms with van der Waals surface area (Å²) in [7, 11) is 0. The van der Waals surface area contributed by atoms with Gasteiger partial charge in [0.05, 0.1) is 22.8 Å². The largest absolute Gasteiger partial charge is 0.490 e. The van der Waals surface area contributed by atoms with Gasteiger partial charge in [0.25, 0.3) is 5.91 Å². The van der Waals surface area contributed by atoms with Crippen LogP contribution in [0.5, 0.6) is 11.5 Å². The number of amides is 1. The van der Waals surface area contributed by atoms with Crippen LogP contribution in [-0.2, 0) is 17.6 Å². The smallest absolute Gasteiger partial charge is 0.416 e. The third kappa shape index (κ3) is 7.27. The van der Waals surface area contributed by atoms with Crippen LogP contribution in [0.25, 0.3) is 6.08 Å². The molecular formula is C27H20ClF3N2O5. The van der Waals surface area contributed by atoms with Crippen LogP contribution in [0.4, 0.5) is 18.9 Å².